The Hall–Kier alpha value is -3.19. The number of aromatic nitrogens is 2. The number of carbonyl (C=O) groups is 1. The Morgan fingerprint density at radius 2 is 1.77 bits per heavy atom. The molecule has 156 valence electrons. The van der Waals surface area contributed by atoms with Crippen molar-refractivity contribution in [2.75, 3.05) is 44.7 Å². The van der Waals surface area contributed by atoms with Gasteiger partial charge in [0.1, 0.15) is 11.1 Å². The van der Waals surface area contributed by atoms with Crippen LogP contribution < -0.4 is 15.2 Å². The first-order valence-electron chi connectivity index (χ1n) is 10.2. The van der Waals surface area contributed by atoms with Crippen molar-refractivity contribution in [3.8, 4) is 5.75 Å². The Morgan fingerprint density at radius 1 is 1.03 bits per heavy atom. The summed E-state index contributed by atoms with van der Waals surface area (Å²) in [6.45, 7) is 6.64. The summed E-state index contributed by atoms with van der Waals surface area (Å²) in [6.07, 6.45) is 1.62. The number of rotatable bonds is 6. The van der Waals surface area contributed by atoms with Crippen molar-refractivity contribution in [3.05, 3.63) is 64.7 Å². The van der Waals surface area contributed by atoms with Gasteiger partial charge in [-0.15, -0.1) is 0 Å². The number of ether oxygens (including phenoxy) is 1. The number of fused-ring (bicyclic) bond motifs is 1. The number of hydrogen-bond donors (Lipinski definition) is 0. The molecule has 0 radical (unpaired) electrons. The van der Waals surface area contributed by atoms with Crippen molar-refractivity contribution >= 4 is 22.4 Å². The Kier molecular flexibility index (Phi) is 5.81. The minimum absolute atomic E-state index is 0.0679. The number of ketones is 1. The molecule has 1 aliphatic heterocycles. The minimum Gasteiger partial charge on any atom is -0.496 e. The van der Waals surface area contributed by atoms with Gasteiger partial charge < -0.3 is 9.64 Å². The molecule has 1 saturated heterocycles. The van der Waals surface area contributed by atoms with Crippen LogP contribution in [0.2, 0.25) is 0 Å². The van der Waals surface area contributed by atoms with Gasteiger partial charge in [-0.05, 0) is 43.3 Å². The lowest BCUT2D eigenvalue weighted by atomic mass is 10.1. The topological polar surface area (TPSA) is 67.7 Å². The molecule has 2 heterocycles. The number of anilines is 1. The highest BCUT2D eigenvalue weighted by Gasteiger charge is 2.18. The van der Waals surface area contributed by atoms with Crippen LogP contribution in [0.5, 0.6) is 5.75 Å². The van der Waals surface area contributed by atoms with E-state index < -0.39 is 0 Å². The van der Waals surface area contributed by atoms with Gasteiger partial charge in [0.25, 0.3) is 5.56 Å². The predicted octanol–water partition coefficient (Wildman–Crippen LogP) is 2.43. The molecular formula is C23H26N4O3. The number of hydrogen-bond acceptors (Lipinski definition) is 6. The van der Waals surface area contributed by atoms with Gasteiger partial charge in [-0.25, -0.2) is 4.98 Å². The molecular weight excluding hydrogens is 380 g/mol. The smallest absolute Gasteiger partial charge is 0.265 e. The molecule has 0 spiro atoms. The monoisotopic (exact) mass is 406 g/mol. The second-order valence-corrected chi connectivity index (χ2v) is 7.53. The highest BCUT2D eigenvalue weighted by molar-refractivity contribution is 5.94. The van der Waals surface area contributed by atoms with Gasteiger partial charge in [0.15, 0.2) is 5.78 Å². The fraction of sp³-hybridized carbons (Fsp3) is 0.348. The van der Waals surface area contributed by atoms with Gasteiger partial charge in [-0.1, -0.05) is 6.07 Å². The zero-order valence-corrected chi connectivity index (χ0v) is 17.4. The van der Waals surface area contributed by atoms with Gasteiger partial charge >= 0.3 is 0 Å². The van der Waals surface area contributed by atoms with Gasteiger partial charge in [-0.3, -0.25) is 19.1 Å². The molecule has 0 bridgehead atoms. The second kappa shape index (κ2) is 8.67. The SMILES string of the molecule is COc1cccc2ncn(CCN3CCN(c4ccc(C(C)=O)cc4)CC3)c(=O)c12. The van der Waals surface area contributed by atoms with Gasteiger partial charge in [0.05, 0.1) is 19.0 Å². The maximum atomic E-state index is 12.9. The number of carbonyl (C=O) groups excluding carboxylic acids is 1. The highest BCUT2D eigenvalue weighted by atomic mass is 16.5. The lowest BCUT2D eigenvalue weighted by Gasteiger charge is -2.36. The number of Topliss-reactive ketones (excluding diaryl/α,β-unsaturated/α-hetero) is 1. The summed E-state index contributed by atoms with van der Waals surface area (Å²) in [5, 5.41) is 0.529. The fourth-order valence-electron chi connectivity index (χ4n) is 3.89. The summed E-state index contributed by atoms with van der Waals surface area (Å²) < 4.78 is 7.01. The molecule has 2 aromatic carbocycles. The summed E-state index contributed by atoms with van der Waals surface area (Å²) in [6, 6.07) is 13.3. The van der Waals surface area contributed by atoms with Crippen LogP contribution in [0.15, 0.2) is 53.6 Å². The average Bonchev–Trinajstić information content (AvgIpc) is 2.78. The molecule has 0 saturated carbocycles. The molecule has 30 heavy (non-hydrogen) atoms. The van der Waals surface area contributed by atoms with Gasteiger partial charge in [0.2, 0.25) is 0 Å². The third-order valence-corrected chi connectivity index (χ3v) is 5.70. The summed E-state index contributed by atoms with van der Waals surface area (Å²) in [7, 11) is 1.57. The van der Waals surface area contributed by atoms with E-state index >= 15 is 0 Å². The van der Waals surface area contributed by atoms with E-state index in [1.165, 1.54) is 0 Å². The van der Waals surface area contributed by atoms with Crippen molar-refractivity contribution in [1.29, 1.82) is 0 Å². The number of nitrogens with zero attached hydrogens (tertiary/aromatic N) is 4. The van der Waals surface area contributed by atoms with E-state index in [4.69, 9.17) is 4.74 Å². The van der Waals surface area contributed by atoms with Crippen molar-refractivity contribution in [1.82, 2.24) is 14.5 Å². The summed E-state index contributed by atoms with van der Waals surface area (Å²) in [5.74, 6) is 0.645. The van der Waals surface area contributed by atoms with E-state index in [1.54, 1.807) is 31.0 Å². The highest BCUT2D eigenvalue weighted by Crippen LogP contribution is 2.20. The van der Waals surface area contributed by atoms with Crippen LogP contribution in [-0.2, 0) is 6.54 Å². The minimum atomic E-state index is -0.0679. The first-order chi connectivity index (χ1) is 14.6. The Bertz CT molecular complexity index is 1100. The largest absolute Gasteiger partial charge is 0.496 e. The molecule has 1 aromatic heterocycles. The van der Waals surface area contributed by atoms with E-state index in [2.05, 4.69) is 14.8 Å². The van der Waals surface area contributed by atoms with Gasteiger partial charge in [0, 0.05) is 50.5 Å². The van der Waals surface area contributed by atoms with Crippen molar-refractivity contribution in [2.24, 2.45) is 0 Å². The molecule has 4 rings (SSSR count). The molecule has 0 amide bonds. The molecule has 0 N–H and O–H groups in total. The quantitative estimate of drug-likeness (QED) is 0.586. The lowest BCUT2D eigenvalue weighted by Crippen LogP contribution is -2.47. The third kappa shape index (κ3) is 4.07. The van der Waals surface area contributed by atoms with Crippen LogP contribution in [0.1, 0.15) is 17.3 Å². The number of methoxy groups -OCH3 is 1. The maximum absolute atomic E-state index is 12.9. The average molecular weight is 406 g/mol. The molecule has 7 heteroatoms. The van der Waals surface area contributed by atoms with Crippen molar-refractivity contribution in [3.63, 3.8) is 0 Å². The van der Waals surface area contributed by atoms with E-state index in [0.717, 1.165) is 44.0 Å². The summed E-state index contributed by atoms with van der Waals surface area (Å²) in [4.78, 5) is 33.4. The molecule has 0 atom stereocenters. The first kappa shape index (κ1) is 20.1. The van der Waals surface area contributed by atoms with Crippen molar-refractivity contribution in [2.45, 2.75) is 13.5 Å². The molecule has 3 aromatic rings. The van der Waals surface area contributed by atoms with E-state index in [0.29, 0.717) is 23.2 Å². The second-order valence-electron chi connectivity index (χ2n) is 7.53. The maximum Gasteiger partial charge on any atom is 0.265 e. The third-order valence-electron chi connectivity index (χ3n) is 5.70. The predicted molar refractivity (Wildman–Crippen MR) is 118 cm³/mol. The van der Waals surface area contributed by atoms with E-state index in [1.807, 2.05) is 36.4 Å². The van der Waals surface area contributed by atoms with Crippen LogP contribution in [0, 0.1) is 0 Å². The standard InChI is InChI=1S/C23H26N4O3/c1-17(28)18-6-8-19(9-7-18)26-13-10-25(11-14-26)12-15-27-16-24-20-4-3-5-21(30-2)22(20)23(27)29/h3-9,16H,10-15H2,1-2H3. The summed E-state index contributed by atoms with van der Waals surface area (Å²) >= 11 is 0. The lowest BCUT2D eigenvalue weighted by molar-refractivity contribution is 0.101. The molecule has 0 unspecified atom stereocenters. The Labute approximate surface area is 175 Å². The zero-order valence-electron chi connectivity index (χ0n) is 17.4. The Balaban J connectivity index is 1.37. The van der Waals surface area contributed by atoms with E-state index in [-0.39, 0.29) is 11.3 Å². The zero-order chi connectivity index (χ0) is 21.1. The number of piperazine rings is 1. The molecule has 7 nitrogen and oxygen atoms in total. The number of benzene rings is 2. The normalized spacial score (nSPS) is 14.8. The van der Waals surface area contributed by atoms with Crippen LogP contribution >= 0.6 is 0 Å². The fourth-order valence-corrected chi connectivity index (χ4v) is 3.89. The van der Waals surface area contributed by atoms with Crippen molar-refractivity contribution < 1.29 is 9.53 Å². The first-order valence-corrected chi connectivity index (χ1v) is 10.2. The molecule has 0 aliphatic carbocycles. The van der Waals surface area contributed by atoms with Crippen LogP contribution in [0.25, 0.3) is 10.9 Å². The molecule has 1 aliphatic rings. The van der Waals surface area contributed by atoms with E-state index in [9.17, 15) is 9.59 Å². The van der Waals surface area contributed by atoms with Gasteiger partial charge in [-0.2, -0.15) is 0 Å². The van der Waals surface area contributed by atoms with Crippen LogP contribution in [-0.4, -0.2) is 60.1 Å². The Morgan fingerprint density at radius 3 is 2.43 bits per heavy atom. The summed E-state index contributed by atoms with van der Waals surface area (Å²) in [5.41, 5.74) is 2.46. The van der Waals surface area contributed by atoms with Crippen LogP contribution in [0.3, 0.4) is 0 Å². The van der Waals surface area contributed by atoms with Crippen LogP contribution in [0.4, 0.5) is 5.69 Å². The molecule has 1 fully saturated rings.